The largest absolute Gasteiger partial charge is 0.368 e. The Balaban J connectivity index is 1.33. The highest BCUT2D eigenvalue weighted by Crippen LogP contribution is 2.49. The molecule has 4 aromatic carbocycles. The van der Waals surface area contributed by atoms with E-state index in [0.29, 0.717) is 12.8 Å². The summed E-state index contributed by atoms with van der Waals surface area (Å²) in [6.45, 7) is -0.104. The fourth-order valence-electron chi connectivity index (χ4n) is 6.17. The van der Waals surface area contributed by atoms with E-state index < -0.39 is 49.0 Å². The number of benzene rings is 4. The summed E-state index contributed by atoms with van der Waals surface area (Å²) in [4.78, 5) is 54.6. The second-order valence-corrected chi connectivity index (χ2v) is 15.3. The minimum absolute atomic E-state index is 0.0713. The number of hydrogen-bond donors (Lipinski definition) is 5. The summed E-state index contributed by atoms with van der Waals surface area (Å²) in [6, 6.07) is 34.8. The van der Waals surface area contributed by atoms with Crippen LogP contribution in [0.15, 0.2) is 121 Å². The van der Waals surface area contributed by atoms with Gasteiger partial charge in [-0.25, -0.2) is 0 Å². The molecule has 0 aliphatic rings. The number of primary amides is 1. The number of nitrogens with one attached hydrogen (secondary N) is 3. The number of ether oxygens (including phenoxy) is 1. The van der Waals surface area contributed by atoms with Gasteiger partial charge in [-0.3, -0.25) is 18.9 Å². The summed E-state index contributed by atoms with van der Waals surface area (Å²) in [6.07, 6.45) is 3.07. The van der Waals surface area contributed by atoms with Crippen molar-refractivity contribution in [3.8, 4) is 0 Å². The maximum absolute atomic E-state index is 14.3. The first kappa shape index (κ1) is 37.2. The van der Waals surface area contributed by atoms with Crippen molar-refractivity contribution in [2.45, 2.75) is 50.5 Å². The first-order chi connectivity index (χ1) is 24.7. The van der Waals surface area contributed by atoms with Crippen LogP contribution < -0.4 is 16.4 Å². The predicted molar refractivity (Wildman–Crippen MR) is 199 cm³/mol. The molecular weight excluding hydrogens is 663 g/mol. The smallest absolute Gasteiger partial charge is 0.246 e. The molecule has 0 saturated carbocycles. The van der Waals surface area contributed by atoms with E-state index in [1.165, 1.54) is 0 Å². The fraction of sp³-hybridized carbons (Fsp3) is 0.275. The molecule has 0 spiro atoms. The van der Waals surface area contributed by atoms with Crippen LogP contribution in [-0.4, -0.2) is 52.2 Å². The van der Waals surface area contributed by atoms with E-state index >= 15 is 0 Å². The van der Waals surface area contributed by atoms with E-state index in [2.05, 4.69) is 15.6 Å². The van der Waals surface area contributed by atoms with E-state index in [1.807, 2.05) is 115 Å². The van der Waals surface area contributed by atoms with Crippen LogP contribution in [0, 0.1) is 5.92 Å². The summed E-state index contributed by atoms with van der Waals surface area (Å²) in [5.74, 6) is -3.93. The Morgan fingerprint density at radius 1 is 0.784 bits per heavy atom. The van der Waals surface area contributed by atoms with Crippen LogP contribution in [0.2, 0.25) is 0 Å². The number of para-hydroxylation sites is 1. The van der Waals surface area contributed by atoms with Gasteiger partial charge in [0.1, 0.15) is 18.4 Å². The molecule has 4 atom stereocenters. The molecule has 266 valence electrons. The van der Waals surface area contributed by atoms with E-state index in [0.717, 1.165) is 33.2 Å². The minimum atomic E-state index is -4.26. The van der Waals surface area contributed by atoms with Gasteiger partial charge < -0.3 is 31.0 Å². The Kier molecular flexibility index (Phi) is 13.4. The van der Waals surface area contributed by atoms with Gasteiger partial charge in [-0.1, -0.05) is 109 Å². The molecule has 6 N–H and O–H groups in total. The number of H-pyrrole nitrogens is 1. The molecule has 0 fully saturated rings. The number of carbonyl (C=O) groups excluding carboxylic acids is 3. The van der Waals surface area contributed by atoms with E-state index in [4.69, 9.17) is 10.5 Å². The molecule has 5 rings (SSSR count). The number of rotatable bonds is 19. The van der Waals surface area contributed by atoms with Crippen molar-refractivity contribution >= 4 is 36.0 Å². The third-order valence-electron chi connectivity index (χ3n) is 8.90. The van der Waals surface area contributed by atoms with Gasteiger partial charge in [0.15, 0.2) is 0 Å². The Labute approximate surface area is 298 Å². The summed E-state index contributed by atoms with van der Waals surface area (Å²) in [5.41, 5.74) is 10.2. The molecule has 0 bridgehead atoms. The van der Waals surface area contributed by atoms with Gasteiger partial charge >= 0.3 is 0 Å². The lowest BCUT2D eigenvalue weighted by Gasteiger charge is -2.28. The third-order valence-corrected chi connectivity index (χ3v) is 11.2. The molecule has 0 aliphatic heterocycles. The first-order valence-electron chi connectivity index (χ1n) is 17.1. The highest BCUT2D eigenvalue weighted by Gasteiger charge is 2.38. The van der Waals surface area contributed by atoms with Crippen molar-refractivity contribution < 1.29 is 28.6 Å². The summed E-state index contributed by atoms with van der Waals surface area (Å²) in [5, 5.41) is 6.44. The lowest BCUT2D eigenvalue weighted by Crippen LogP contribution is -2.48. The number of nitrogens with two attached hydrogens (primary N) is 1. The molecule has 51 heavy (non-hydrogen) atoms. The average molecular weight is 709 g/mol. The molecule has 0 saturated heterocycles. The minimum Gasteiger partial charge on any atom is -0.368 e. The first-order valence-corrected chi connectivity index (χ1v) is 19.0. The maximum Gasteiger partial charge on any atom is 0.246 e. The number of fused-ring (bicyclic) bond motifs is 1. The monoisotopic (exact) mass is 708 g/mol. The average Bonchev–Trinajstić information content (AvgIpc) is 3.54. The highest BCUT2D eigenvalue weighted by molar-refractivity contribution is 7.58. The molecule has 1 aromatic heterocycles. The van der Waals surface area contributed by atoms with Crippen LogP contribution in [0.25, 0.3) is 10.9 Å². The lowest BCUT2D eigenvalue weighted by molar-refractivity contribution is -0.129. The summed E-state index contributed by atoms with van der Waals surface area (Å²) < 4.78 is 19.9. The fourth-order valence-corrected chi connectivity index (χ4v) is 8.25. The van der Waals surface area contributed by atoms with Gasteiger partial charge in [-0.15, -0.1) is 0 Å². The number of amides is 3. The van der Waals surface area contributed by atoms with E-state index in [1.54, 1.807) is 6.20 Å². The van der Waals surface area contributed by atoms with Crippen molar-refractivity contribution in [2.75, 3.05) is 12.8 Å². The van der Waals surface area contributed by atoms with Crippen LogP contribution >= 0.6 is 7.37 Å². The molecule has 5 aromatic rings. The van der Waals surface area contributed by atoms with Crippen LogP contribution in [-0.2, 0) is 49.6 Å². The number of hydrogen-bond acceptors (Lipinski definition) is 5. The molecule has 0 radical (unpaired) electrons. The van der Waals surface area contributed by atoms with Crippen molar-refractivity contribution in [1.82, 2.24) is 15.6 Å². The maximum atomic E-state index is 14.3. The van der Waals surface area contributed by atoms with Crippen LogP contribution in [0.3, 0.4) is 0 Å². The SMILES string of the molecule is NC(=O)[C@H](Cc1c[nH]c2ccccc12)NC(=O)C(CCCc1ccccc1)CP(=O)(O)C(Cc1ccccc1)NC(=O)COCc1ccccc1. The van der Waals surface area contributed by atoms with Gasteiger partial charge in [-0.2, -0.15) is 0 Å². The molecule has 0 aliphatic carbocycles. The zero-order valence-electron chi connectivity index (χ0n) is 28.4. The van der Waals surface area contributed by atoms with Crippen LogP contribution in [0.4, 0.5) is 0 Å². The zero-order chi connectivity index (χ0) is 36.1. The Hall–Kier alpha value is -5.02. The number of aryl methyl sites for hydroxylation is 1. The molecule has 3 unspecified atom stereocenters. The number of aromatic amines is 1. The Morgan fingerprint density at radius 2 is 1.39 bits per heavy atom. The van der Waals surface area contributed by atoms with Gasteiger partial charge in [0, 0.05) is 42.0 Å². The van der Waals surface area contributed by atoms with Crippen molar-refractivity contribution in [1.29, 1.82) is 0 Å². The molecule has 3 amide bonds. The van der Waals surface area contributed by atoms with Gasteiger partial charge in [0.25, 0.3) is 0 Å². The predicted octanol–water partition coefficient (Wildman–Crippen LogP) is 5.49. The number of aromatic nitrogens is 1. The Bertz CT molecular complexity index is 1920. The molecular formula is C40H45N4O6P. The number of carbonyl (C=O) groups is 3. The van der Waals surface area contributed by atoms with Gasteiger partial charge in [0.2, 0.25) is 25.1 Å². The highest BCUT2D eigenvalue weighted by atomic mass is 31.2. The van der Waals surface area contributed by atoms with Gasteiger partial charge in [0.05, 0.1) is 6.61 Å². The van der Waals surface area contributed by atoms with Crippen LogP contribution in [0.1, 0.15) is 35.1 Å². The second-order valence-electron chi connectivity index (χ2n) is 12.8. The summed E-state index contributed by atoms with van der Waals surface area (Å²) in [7, 11) is -4.26. The topological polar surface area (TPSA) is 164 Å². The Morgan fingerprint density at radius 3 is 2.06 bits per heavy atom. The van der Waals surface area contributed by atoms with Crippen molar-refractivity contribution in [2.24, 2.45) is 11.7 Å². The molecule has 1 heterocycles. The second kappa shape index (κ2) is 18.3. The van der Waals surface area contributed by atoms with Crippen LogP contribution in [0.5, 0.6) is 0 Å². The summed E-state index contributed by atoms with van der Waals surface area (Å²) >= 11 is 0. The van der Waals surface area contributed by atoms with Crippen molar-refractivity contribution in [3.63, 3.8) is 0 Å². The van der Waals surface area contributed by atoms with Crippen molar-refractivity contribution in [3.05, 3.63) is 144 Å². The molecule has 11 heteroatoms. The van der Waals surface area contributed by atoms with E-state index in [-0.39, 0.29) is 32.5 Å². The third kappa shape index (κ3) is 11.2. The lowest BCUT2D eigenvalue weighted by atomic mass is 9.98. The van der Waals surface area contributed by atoms with Gasteiger partial charge in [-0.05, 0) is 47.6 Å². The molecule has 10 nitrogen and oxygen atoms in total. The quantitative estimate of drug-likeness (QED) is 0.0713. The zero-order valence-corrected chi connectivity index (χ0v) is 29.3. The van der Waals surface area contributed by atoms with E-state index in [9.17, 15) is 23.8 Å². The normalized spacial score (nSPS) is 14.2. The standard InChI is InChI=1S/C40H45N4O6P/c41-39(46)36(24-33-25-42-35-22-11-10-21-34(33)35)43-40(47)32(20-12-19-29-13-4-1-5-14-29)28-51(48,49)38(23-30-15-6-2-7-16-30)44-37(45)27-50-26-31-17-8-3-9-18-31/h1-11,13-18,21-22,25,32,36,38,42H,12,19-20,23-24,26-28H2,(H2,41,46)(H,43,47)(H,44,45)(H,48,49)/t32?,36-,38?/m0/s1.